The van der Waals surface area contributed by atoms with Gasteiger partial charge in [-0.1, -0.05) is 12.1 Å². The van der Waals surface area contributed by atoms with Crippen molar-refractivity contribution in [2.45, 2.75) is 42.9 Å². The highest BCUT2D eigenvalue weighted by atomic mass is 16.7. The van der Waals surface area contributed by atoms with Crippen LogP contribution in [0.15, 0.2) is 36.4 Å². The van der Waals surface area contributed by atoms with E-state index in [-0.39, 0.29) is 36.2 Å². The Hall–Kier alpha value is -2.68. The number of hydrogen-bond acceptors (Lipinski definition) is 12. The van der Waals surface area contributed by atoms with Gasteiger partial charge in [-0.25, -0.2) is 0 Å². The molecule has 2 aromatic carbocycles. The van der Waals surface area contributed by atoms with E-state index in [2.05, 4.69) is 0 Å². The first-order valence-corrected chi connectivity index (χ1v) is 12.2. The topological polar surface area (TPSA) is 188 Å². The smallest absolute Gasteiger partial charge is 0.229 e. The maximum Gasteiger partial charge on any atom is 0.229 e. The number of ether oxygens (including phenoxy) is 5. The van der Waals surface area contributed by atoms with Gasteiger partial charge in [0, 0.05) is 25.0 Å². The van der Waals surface area contributed by atoms with E-state index >= 15 is 0 Å². The number of methoxy groups -OCH3 is 2. The maximum absolute atomic E-state index is 10.3. The second-order valence-corrected chi connectivity index (χ2v) is 9.33. The maximum atomic E-state index is 10.3. The number of hydrogen-bond donors (Lipinski definition) is 7. The molecule has 2 aliphatic rings. The fraction of sp³-hybridized carbons (Fsp3) is 0.538. The molecule has 38 heavy (non-hydrogen) atoms. The minimum Gasteiger partial charge on any atom is -0.504 e. The van der Waals surface area contributed by atoms with Crippen molar-refractivity contribution in [2.24, 2.45) is 11.8 Å². The fourth-order valence-corrected chi connectivity index (χ4v) is 5.04. The molecule has 7 N–H and O–H groups in total. The Bertz CT molecular complexity index is 1080. The van der Waals surface area contributed by atoms with E-state index < -0.39 is 61.4 Å². The van der Waals surface area contributed by atoms with E-state index in [9.17, 15) is 35.7 Å². The monoisotopic (exact) mass is 538 g/mol. The molecule has 4 rings (SSSR count). The third-order valence-corrected chi connectivity index (χ3v) is 7.18. The zero-order valence-corrected chi connectivity index (χ0v) is 21.0. The van der Waals surface area contributed by atoms with Crippen LogP contribution in [0.1, 0.15) is 23.3 Å². The molecule has 0 radical (unpaired) electrons. The molecule has 0 aliphatic carbocycles. The standard InChI is InChI=1S/C26H34O12/c1-34-18-7-12(3-5-16(18)30)24-14(9-27)15(10-28)25(38-24)13-4-6-17(19(8-13)35-2)36-26-23(33)22(32)21(31)20(11-29)37-26/h3-8,14-15,20-33H,9-11H2,1-2H3/t14-,15-,20-,21+,22+,23-,24-,25+,26+/m1/s1. The highest BCUT2D eigenvalue weighted by Gasteiger charge is 2.46. The molecule has 9 atom stereocenters. The minimum atomic E-state index is -1.60. The zero-order valence-electron chi connectivity index (χ0n) is 21.0. The van der Waals surface area contributed by atoms with Crippen LogP contribution in [0.2, 0.25) is 0 Å². The molecule has 210 valence electrons. The highest BCUT2D eigenvalue weighted by molar-refractivity contribution is 5.45. The predicted octanol–water partition coefficient (Wildman–Crippen LogP) is -0.382. The number of aromatic hydroxyl groups is 1. The summed E-state index contributed by atoms with van der Waals surface area (Å²) >= 11 is 0. The highest BCUT2D eigenvalue weighted by Crippen LogP contribution is 2.51. The average molecular weight is 539 g/mol. The Labute approximate surface area is 219 Å². The molecule has 0 aromatic heterocycles. The van der Waals surface area contributed by atoms with Crippen LogP contribution >= 0.6 is 0 Å². The summed E-state index contributed by atoms with van der Waals surface area (Å²) in [5, 5.41) is 70.1. The van der Waals surface area contributed by atoms with Gasteiger partial charge in [-0.05, 0) is 35.4 Å². The molecule has 2 heterocycles. The quantitative estimate of drug-likeness (QED) is 0.220. The van der Waals surface area contributed by atoms with Crippen molar-refractivity contribution < 1.29 is 59.4 Å². The number of benzene rings is 2. The first kappa shape index (κ1) is 28.3. The minimum absolute atomic E-state index is 0.0372. The lowest BCUT2D eigenvalue weighted by Gasteiger charge is -2.39. The average Bonchev–Trinajstić information content (AvgIpc) is 3.32. The number of phenols is 1. The van der Waals surface area contributed by atoms with Gasteiger partial charge >= 0.3 is 0 Å². The fourth-order valence-electron chi connectivity index (χ4n) is 5.04. The summed E-state index contributed by atoms with van der Waals surface area (Å²) in [5.41, 5.74) is 1.28. The lowest BCUT2D eigenvalue weighted by molar-refractivity contribution is -0.277. The van der Waals surface area contributed by atoms with Crippen LogP contribution < -0.4 is 14.2 Å². The molecule has 0 bridgehead atoms. The van der Waals surface area contributed by atoms with Gasteiger partial charge in [-0.3, -0.25) is 0 Å². The van der Waals surface area contributed by atoms with Gasteiger partial charge < -0.3 is 59.4 Å². The van der Waals surface area contributed by atoms with Gasteiger partial charge in [0.05, 0.1) is 33.0 Å². The van der Waals surface area contributed by atoms with Crippen molar-refractivity contribution in [1.82, 2.24) is 0 Å². The number of rotatable bonds is 9. The van der Waals surface area contributed by atoms with Gasteiger partial charge in [0.2, 0.25) is 6.29 Å². The van der Waals surface area contributed by atoms with Gasteiger partial charge in [-0.2, -0.15) is 0 Å². The second kappa shape index (κ2) is 12.0. The summed E-state index contributed by atoms with van der Waals surface area (Å²) < 4.78 is 28.1. The zero-order chi connectivity index (χ0) is 27.6. The third kappa shape index (κ3) is 5.26. The van der Waals surface area contributed by atoms with Crippen LogP contribution in [0, 0.1) is 11.8 Å². The van der Waals surface area contributed by atoms with Crippen LogP contribution in [-0.2, 0) is 9.47 Å². The van der Waals surface area contributed by atoms with Crippen LogP contribution in [-0.4, -0.2) is 100 Å². The van der Waals surface area contributed by atoms with Crippen molar-refractivity contribution in [2.75, 3.05) is 34.0 Å². The molecular formula is C26H34O12. The molecule has 2 saturated heterocycles. The number of phenolic OH excluding ortho intramolecular Hbond substituents is 1. The SMILES string of the molecule is COc1cc([C@H]2O[C@@H](c3ccc(O[C@H]4O[C@H](CO)[C@H](O)[C@H](O)[C@H]4O)c(OC)c3)[C@H](CO)[C@H]2CO)ccc1O. The Morgan fingerprint density at radius 1 is 0.684 bits per heavy atom. The molecule has 12 nitrogen and oxygen atoms in total. The molecule has 12 heteroatoms. The number of aliphatic hydroxyl groups excluding tert-OH is 6. The third-order valence-electron chi connectivity index (χ3n) is 7.18. The Kier molecular flexibility index (Phi) is 8.96. The summed E-state index contributed by atoms with van der Waals surface area (Å²) in [6, 6.07) is 9.60. The second-order valence-electron chi connectivity index (χ2n) is 9.33. The molecule has 2 aromatic rings. The first-order valence-electron chi connectivity index (χ1n) is 12.2. The van der Waals surface area contributed by atoms with Crippen LogP contribution in [0.4, 0.5) is 0 Å². The Morgan fingerprint density at radius 3 is 1.82 bits per heavy atom. The molecule has 0 amide bonds. The molecule has 2 aliphatic heterocycles. The lowest BCUT2D eigenvalue weighted by Crippen LogP contribution is -2.60. The summed E-state index contributed by atoms with van der Waals surface area (Å²) in [6.45, 7) is -1.12. The summed E-state index contributed by atoms with van der Waals surface area (Å²) in [6.07, 6.45) is -8.49. The largest absolute Gasteiger partial charge is 0.504 e. The lowest BCUT2D eigenvalue weighted by atomic mass is 9.83. The number of aliphatic hydroxyl groups is 6. The van der Waals surface area contributed by atoms with Crippen molar-refractivity contribution in [3.63, 3.8) is 0 Å². The van der Waals surface area contributed by atoms with Gasteiger partial charge in [-0.15, -0.1) is 0 Å². The van der Waals surface area contributed by atoms with E-state index in [1.165, 1.54) is 26.4 Å². The van der Waals surface area contributed by atoms with Crippen LogP contribution in [0.3, 0.4) is 0 Å². The Morgan fingerprint density at radius 2 is 1.26 bits per heavy atom. The van der Waals surface area contributed by atoms with Crippen molar-refractivity contribution >= 4 is 0 Å². The molecular weight excluding hydrogens is 504 g/mol. The molecule has 0 unspecified atom stereocenters. The first-order chi connectivity index (χ1) is 18.3. The summed E-state index contributed by atoms with van der Waals surface area (Å²) in [7, 11) is 2.83. The van der Waals surface area contributed by atoms with E-state index in [0.717, 1.165) is 0 Å². The van der Waals surface area contributed by atoms with Gasteiger partial charge in [0.15, 0.2) is 23.0 Å². The molecule has 0 spiro atoms. The normalized spacial score (nSPS) is 33.2. The summed E-state index contributed by atoms with van der Waals surface area (Å²) in [5.74, 6) is -0.345. The van der Waals surface area contributed by atoms with E-state index in [1.807, 2.05) is 0 Å². The van der Waals surface area contributed by atoms with Crippen LogP contribution in [0.5, 0.6) is 23.0 Å². The van der Waals surface area contributed by atoms with Gasteiger partial charge in [0.25, 0.3) is 0 Å². The molecule has 0 saturated carbocycles. The Balaban J connectivity index is 1.60. The van der Waals surface area contributed by atoms with Crippen LogP contribution in [0.25, 0.3) is 0 Å². The van der Waals surface area contributed by atoms with E-state index in [1.54, 1.807) is 24.3 Å². The van der Waals surface area contributed by atoms with E-state index in [4.69, 9.17) is 23.7 Å². The van der Waals surface area contributed by atoms with Crippen molar-refractivity contribution in [3.8, 4) is 23.0 Å². The van der Waals surface area contributed by atoms with E-state index in [0.29, 0.717) is 11.1 Å². The van der Waals surface area contributed by atoms with Crippen molar-refractivity contribution in [1.29, 1.82) is 0 Å². The van der Waals surface area contributed by atoms with Gasteiger partial charge in [0.1, 0.15) is 24.4 Å². The predicted molar refractivity (Wildman–Crippen MR) is 130 cm³/mol. The molecule has 2 fully saturated rings. The van der Waals surface area contributed by atoms with Crippen molar-refractivity contribution in [3.05, 3.63) is 47.5 Å². The summed E-state index contributed by atoms with van der Waals surface area (Å²) in [4.78, 5) is 0.